The van der Waals surface area contributed by atoms with Gasteiger partial charge in [-0.15, -0.1) is 0 Å². The molecule has 0 unspecified atom stereocenters. The van der Waals surface area contributed by atoms with Crippen molar-refractivity contribution in [1.29, 1.82) is 0 Å². The first-order chi connectivity index (χ1) is 1.00. The van der Waals surface area contributed by atoms with Crippen molar-refractivity contribution in [2.24, 2.45) is 0 Å². The molecule has 0 aliphatic carbocycles. The molecule has 0 N–H and O–H groups in total. The van der Waals surface area contributed by atoms with Crippen LogP contribution in [0.3, 0.4) is 0 Å². The van der Waals surface area contributed by atoms with Gasteiger partial charge in [0.1, 0.15) is 0 Å². The molecule has 0 bridgehead atoms. The molecule has 0 saturated carbocycles. The van der Waals surface area contributed by atoms with E-state index in [1.54, 1.807) is 0 Å². The van der Waals surface area contributed by atoms with E-state index in [9.17, 15) is 0 Å². The summed E-state index contributed by atoms with van der Waals surface area (Å²) in [5.41, 5.74) is 0. The third kappa shape index (κ3) is 8.88. The molecule has 4 heavy (non-hydrogen) atoms. The first-order valence-corrected chi connectivity index (χ1v) is 1.72. The summed E-state index contributed by atoms with van der Waals surface area (Å²) in [4.78, 5) is 0. The summed E-state index contributed by atoms with van der Waals surface area (Å²) < 4.78 is 8.42. The first-order valence-electron chi connectivity index (χ1n) is 0.236. The molecular weight excluding hydrogens is 301 g/mol. The molecule has 1 radical (unpaired) electrons. The second-order valence-electron chi connectivity index (χ2n) is 0. The van der Waals surface area contributed by atoms with Crippen LogP contribution in [0.1, 0.15) is 0 Å². The Kier molecular flexibility index (Phi) is 65.8. The van der Waals surface area contributed by atoms with E-state index in [2.05, 4.69) is 0 Å². The zero-order valence-corrected chi connectivity index (χ0v) is 5.99. The minimum atomic E-state index is -0.0833. The van der Waals surface area contributed by atoms with E-state index in [0.29, 0.717) is 0 Å². The molecule has 0 saturated heterocycles. The Hall–Kier alpha value is 2.98. The van der Waals surface area contributed by atoms with Crippen LogP contribution < -0.4 is 0 Å². The van der Waals surface area contributed by atoms with E-state index < -0.39 is 0 Å². The minimum absolute atomic E-state index is 0. The molecule has 0 heterocycles. The number of hydrogen-bond acceptors (Lipinski definition) is 1. The van der Waals surface area contributed by atoms with E-state index in [0.717, 1.165) is 0 Å². The molecule has 4 heteroatoms. The Morgan fingerprint density at radius 2 is 1.25 bits per heavy atom. The predicted octanol–water partition coefficient (Wildman–Crippen LogP) is -1.04. The van der Waals surface area contributed by atoms with Crippen molar-refractivity contribution in [1.82, 2.24) is 0 Å². The van der Waals surface area contributed by atoms with Gasteiger partial charge in [0, 0.05) is 16.8 Å². The average molecular weight is 303 g/mol. The molecule has 1 nitrogen and oxygen atoms in total. The number of rotatable bonds is 0. The van der Waals surface area contributed by atoms with E-state index in [4.69, 9.17) is 1.70 Å². The second-order valence-corrected chi connectivity index (χ2v) is 0. The normalized spacial score (nSPS) is 1.50. The van der Waals surface area contributed by atoms with Gasteiger partial charge in [-0.3, -0.25) is 0 Å². The van der Waals surface area contributed by atoms with Crippen LogP contribution in [0.15, 0.2) is 0 Å². The van der Waals surface area contributed by atoms with Gasteiger partial charge in [0.15, 0.2) is 0 Å². The fraction of sp³-hybridized carbons (Fsp3) is 0. The van der Waals surface area contributed by atoms with Crippen molar-refractivity contribution in [2.45, 2.75) is 0 Å². The molecule has 0 atom stereocenters. The fourth-order valence-corrected chi connectivity index (χ4v) is 0. The van der Waals surface area contributed by atoms with E-state index >= 15 is 0 Å². The summed E-state index contributed by atoms with van der Waals surface area (Å²) in [6, 6.07) is 0. The average Bonchev–Trinajstić information content (AvgIpc) is 1.00. The Labute approximate surface area is 95.1 Å². The molecular formula is H2CoLaOSr. The Balaban J connectivity index is -0.00000000500. The molecule has 0 aromatic rings. The van der Waals surface area contributed by atoms with Gasteiger partial charge in [0.25, 0.3) is 0 Å². The maximum atomic E-state index is 8.42. The SMILES string of the molecule is [Co].[O]=[La].[SrH2]. The molecule has 0 aromatic carbocycles. The molecule has 0 rings (SSSR count). The first kappa shape index (κ1) is 15.8. The molecule has 0 aliphatic heterocycles. The molecule has 22 valence electrons. The summed E-state index contributed by atoms with van der Waals surface area (Å²) >= 11 is -0.0833. The second kappa shape index (κ2) is 16.7. The monoisotopic (exact) mass is 304 g/mol. The van der Waals surface area contributed by atoms with Gasteiger partial charge in [-0.25, -0.2) is 0 Å². The fourth-order valence-electron chi connectivity index (χ4n) is 0. The van der Waals surface area contributed by atoms with Crippen molar-refractivity contribution >= 4 is 45.5 Å². The van der Waals surface area contributed by atoms with Gasteiger partial charge in [-0.2, -0.15) is 0 Å². The zero-order chi connectivity index (χ0) is 2.00. The van der Waals surface area contributed by atoms with E-state index in [-0.39, 0.29) is 96.1 Å². The van der Waals surface area contributed by atoms with Gasteiger partial charge in [0.05, 0.1) is 0 Å². The maximum absolute atomic E-state index is 8.42. The summed E-state index contributed by atoms with van der Waals surface area (Å²) in [5.74, 6) is 0. The summed E-state index contributed by atoms with van der Waals surface area (Å²) in [7, 11) is 0. The van der Waals surface area contributed by atoms with Crippen LogP contribution in [0.5, 0.6) is 0 Å². The molecule has 0 aromatic heterocycles. The molecule has 0 amide bonds. The summed E-state index contributed by atoms with van der Waals surface area (Å²) in [5, 5.41) is 0. The zero-order valence-electron chi connectivity index (χ0n) is 1.32. The Morgan fingerprint density at radius 1 is 1.25 bits per heavy atom. The predicted molar refractivity (Wildman–Crippen MR) is 9.23 cm³/mol. The third-order valence-corrected chi connectivity index (χ3v) is 0. The van der Waals surface area contributed by atoms with Crippen LogP contribution in [0.25, 0.3) is 0 Å². The van der Waals surface area contributed by atoms with Crippen LogP contribution in [0.2, 0.25) is 0 Å². The Morgan fingerprint density at radius 3 is 1.25 bits per heavy atom. The van der Waals surface area contributed by atoms with Crippen molar-refractivity contribution in [3.63, 3.8) is 0 Å². The van der Waals surface area contributed by atoms with Crippen molar-refractivity contribution in [3.05, 3.63) is 0 Å². The quantitative estimate of drug-likeness (QED) is 0.523. The number of hydrogen-bond donors (Lipinski definition) is 0. The molecule has 0 aliphatic rings. The van der Waals surface area contributed by atoms with Crippen LogP contribution in [-0.2, 0) is 18.5 Å². The van der Waals surface area contributed by atoms with Gasteiger partial charge in [0.2, 0.25) is 0 Å². The van der Waals surface area contributed by atoms with Crippen molar-refractivity contribution < 1.29 is 52.3 Å². The molecule has 0 spiro atoms. The van der Waals surface area contributed by atoms with E-state index in [1.807, 2.05) is 0 Å². The standard InChI is InChI=1S/Co.La.O.Sr.2H. The van der Waals surface area contributed by atoms with Crippen LogP contribution in [0, 0.1) is 33.8 Å². The van der Waals surface area contributed by atoms with Gasteiger partial charge in [-0.1, -0.05) is 0 Å². The van der Waals surface area contributed by atoms with Gasteiger partial charge < -0.3 is 0 Å². The molecule has 0 fully saturated rings. The van der Waals surface area contributed by atoms with E-state index in [1.165, 1.54) is 0 Å². The van der Waals surface area contributed by atoms with Crippen molar-refractivity contribution in [2.75, 3.05) is 0 Å². The van der Waals surface area contributed by atoms with Crippen LogP contribution >= 0.6 is 0 Å². The van der Waals surface area contributed by atoms with Gasteiger partial charge >= 0.3 is 81.0 Å². The van der Waals surface area contributed by atoms with Gasteiger partial charge in [-0.05, 0) is 0 Å². The summed E-state index contributed by atoms with van der Waals surface area (Å²) in [6.45, 7) is 0. The Bertz CT molecular complexity index is 8.00. The van der Waals surface area contributed by atoms with Crippen LogP contribution in [0.4, 0.5) is 0 Å². The van der Waals surface area contributed by atoms with Crippen LogP contribution in [-0.4, -0.2) is 45.5 Å². The summed E-state index contributed by atoms with van der Waals surface area (Å²) in [6.07, 6.45) is 0. The topological polar surface area (TPSA) is 17.1 Å². The third-order valence-electron chi connectivity index (χ3n) is 0. The van der Waals surface area contributed by atoms with Crippen molar-refractivity contribution in [3.8, 4) is 0 Å².